The normalized spacial score (nSPS) is 11.1. The van der Waals surface area contributed by atoms with Crippen LogP contribution in [0.5, 0.6) is 0 Å². The first-order chi connectivity index (χ1) is 4.54. The summed E-state index contributed by atoms with van der Waals surface area (Å²) in [5, 5.41) is 8.20. The van der Waals surface area contributed by atoms with Crippen LogP contribution in [0.1, 0.15) is 6.42 Å². The number of carboxylic acid groups (broad SMARTS) is 1. The van der Waals surface area contributed by atoms with E-state index in [2.05, 4.69) is 12.3 Å². The summed E-state index contributed by atoms with van der Waals surface area (Å²) in [6, 6.07) is 0. The molecule has 10 heavy (non-hydrogen) atoms. The third-order valence-corrected chi connectivity index (χ3v) is 0.846. The van der Waals surface area contributed by atoms with Gasteiger partial charge in [-0.05, 0) is 6.08 Å². The van der Waals surface area contributed by atoms with Gasteiger partial charge in [0, 0.05) is 12.0 Å². The Morgan fingerprint density at radius 2 is 2.30 bits per heavy atom. The second-order valence-electron chi connectivity index (χ2n) is 1.70. The predicted molar refractivity (Wildman–Crippen MR) is 34.8 cm³/mol. The predicted octanol–water partition coefficient (Wildman–Crippen LogP) is 0.787. The van der Waals surface area contributed by atoms with Crippen LogP contribution in [0, 0.1) is 0 Å². The van der Waals surface area contributed by atoms with Gasteiger partial charge in [0.1, 0.15) is 0 Å². The Labute approximate surface area is 57.6 Å². The van der Waals surface area contributed by atoms with Crippen molar-refractivity contribution >= 4 is 5.97 Å². The van der Waals surface area contributed by atoms with E-state index in [0.29, 0.717) is 0 Å². The van der Waals surface area contributed by atoms with Gasteiger partial charge < -0.3 is 10.8 Å². The van der Waals surface area contributed by atoms with Gasteiger partial charge in [-0.1, -0.05) is 6.58 Å². The number of rotatable bonds is 3. The Morgan fingerprint density at radius 3 is 2.60 bits per heavy atom. The van der Waals surface area contributed by atoms with Crippen molar-refractivity contribution < 1.29 is 14.3 Å². The fourth-order valence-corrected chi connectivity index (χ4v) is 0.308. The molecule has 0 rings (SSSR count). The number of hydrogen-bond donors (Lipinski definition) is 2. The first-order valence-corrected chi connectivity index (χ1v) is 2.56. The van der Waals surface area contributed by atoms with E-state index in [0.717, 1.165) is 6.08 Å². The van der Waals surface area contributed by atoms with E-state index in [1.54, 1.807) is 0 Å². The zero-order valence-electron chi connectivity index (χ0n) is 5.30. The summed E-state index contributed by atoms with van der Waals surface area (Å²) in [4.78, 5) is 10.0. The minimum atomic E-state index is -1.14. The largest absolute Gasteiger partial charge is 0.478 e. The first-order valence-electron chi connectivity index (χ1n) is 2.56. The fourth-order valence-electron chi connectivity index (χ4n) is 0.308. The van der Waals surface area contributed by atoms with Gasteiger partial charge in [-0.2, -0.15) is 4.39 Å². The van der Waals surface area contributed by atoms with Gasteiger partial charge in [-0.25, -0.2) is 4.79 Å². The van der Waals surface area contributed by atoms with Crippen molar-refractivity contribution in [2.45, 2.75) is 6.42 Å². The smallest absolute Gasteiger partial charge is 0.331 e. The summed E-state index contributed by atoms with van der Waals surface area (Å²) in [6.07, 6.45) is 0.897. The number of halogens is 1. The number of carbonyl (C=O) groups is 1. The molecule has 0 aromatic rings. The molecule has 3 nitrogen and oxygen atoms in total. The SMILES string of the molecule is C=C(C/C=C(\N)F)C(=O)O. The molecule has 0 unspecified atom stereocenters. The number of aliphatic carboxylic acids is 1. The second kappa shape index (κ2) is 3.66. The minimum absolute atomic E-state index is 0.0579. The summed E-state index contributed by atoms with van der Waals surface area (Å²) >= 11 is 0. The Kier molecular flexibility index (Phi) is 3.17. The first kappa shape index (κ1) is 8.68. The number of nitrogens with two attached hydrogens (primary N) is 1. The summed E-state index contributed by atoms with van der Waals surface area (Å²) < 4.78 is 11.7. The van der Waals surface area contributed by atoms with Crippen molar-refractivity contribution in [3.05, 3.63) is 24.2 Å². The molecule has 56 valence electrons. The molecule has 0 radical (unpaired) electrons. The lowest BCUT2D eigenvalue weighted by molar-refractivity contribution is -0.132. The van der Waals surface area contributed by atoms with E-state index in [-0.39, 0.29) is 12.0 Å². The number of carboxylic acids is 1. The maximum atomic E-state index is 11.7. The molecule has 0 aromatic carbocycles. The highest BCUT2D eigenvalue weighted by molar-refractivity contribution is 5.86. The van der Waals surface area contributed by atoms with Gasteiger partial charge in [0.25, 0.3) is 0 Å². The Bertz CT molecular complexity index is 182. The Morgan fingerprint density at radius 1 is 1.80 bits per heavy atom. The van der Waals surface area contributed by atoms with Crippen LogP contribution in [0.4, 0.5) is 4.39 Å². The monoisotopic (exact) mass is 145 g/mol. The van der Waals surface area contributed by atoms with E-state index in [1.807, 2.05) is 0 Å². The van der Waals surface area contributed by atoms with Crippen molar-refractivity contribution in [1.82, 2.24) is 0 Å². The molecule has 0 amide bonds. The molecular formula is C6H8FNO2. The van der Waals surface area contributed by atoms with E-state index < -0.39 is 11.9 Å². The molecule has 3 N–H and O–H groups in total. The van der Waals surface area contributed by atoms with Gasteiger partial charge in [-0.15, -0.1) is 0 Å². The molecule has 0 atom stereocenters. The van der Waals surface area contributed by atoms with Gasteiger partial charge in [0.2, 0.25) is 0 Å². The zero-order valence-corrected chi connectivity index (χ0v) is 5.30. The van der Waals surface area contributed by atoms with Gasteiger partial charge in [0.05, 0.1) is 0 Å². The van der Waals surface area contributed by atoms with Crippen molar-refractivity contribution in [2.75, 3.05) is 0 Å². The second-order valence-corrected chi connectivity index (χ2v) is 1.70. The number of allylic oxidation sites excluding steroid dienone is 1. The lowest BCUT2D eigenvalue weighted by Crippen LogP contribution is -1.98. The average molecular weight is 145 g/mol. The van der Waals surface area contributed by atoms with Crippen LogP contribution in [0.3, 0.4) is 0 Å². The maximum absolute atomic E-state index is 11.7. The molecule has 0 saturated carbocycles. The molecule has 0 aliphatic rings. The van der Waals surface area contributed by atoms with E-state index in [9.17, 15) is 9.18 Å². The van der Waals surface area contributed by atoms with E-state index in [4.69, 9.17) is 5.11 Å². The lowest BCUT2D eigenvalue weighted by Gasteiger charge is -1.91. The molecule has 0 aliphatic heterocycles. The highest BCUT2D eigenvalue weighted by Gasteiger charge is 2.00. The molecule has 0 bridgehead atoms. The molecular weight excluding hydrogens is 137 g/mol. The molecule has 0 saturated heterocycles. The Hall–Kier alpha value is -1.32. The van der Waals surface area contributed by atoms with Crippen molar-refractivity contribution in [3.8, 4) is 0 Å². The third-order valence-electron chi connectivity index (χ3n) is 0.846. The molecule has 4 heteroatoms. The van der Waals surface area contributed by atoms with Crippen molar-refractivity contribution in [2.24, 2.45) is 5.73 Å². The quantitative estimate of drug-likeness (QED) is 0.455. The highest BCUT2D eigenvalue weighted by atomic mass is 19.1. The lowest BCUT2D eigenvalue weighted by atomic mass is 10.2. The van der Waals surface area contributed by atoms with Crippen LogP contribution in [-0.4, -0.2) is 11.1 Å². The van der Waals surface area contributed by atoms with Crippen LogP contribution < -0.4 is 5.73 Å². The average Bonchev–Trinajstić information content (AvgIpc) is 1.82. The summed E-state index contributed by atoms with van der Waals surface area (Å²) in [5.41, 5.74) is 4.52. The highest BCUT2D eigenvalue weighted by Crippen LogP contribution is 2.00. The summed E-state index contributed by atoms with van der Waals surface area (Å²) in [5.74, 6) is -2.03. The molecule has 0 heterocycles. The summed E-state index contributed by atoms with van der Waals surface area (Å²) in [6.45, 7) is 3.16. The fraction of sp³-hybridized carbons (Fsp3) is 0.167. The minimum Gasteiger partial charge on any atom is -0.478 e. The molecule has 0 spiro atoms. The molecule has 0 aliphatic carbocycles. The van der Waals surface area contributed by atoms with Crippen molar-refractivity contribution in [1.29, 1.82) is 0 Å². The van der Waals surface area contributed by atoms with Crippen LogP contribution in [-0.2, 0) is 4.79 Å². The van der Waals surface area contributed by atoms with Gasteiger partial charge in [0.15, 0.2) is 5.95 Å². The maximum Gasteiger partial charge on any atom is 0.331 e. The molecule has 0 fully saturated rings. The Balaban J connectivity index is 3.83. The van der Waals surface area contributed by atoms with Crippen LogP contribution in [0.25, 0.3) is 0 Å². The van der Waals surface area contributed by atoms with Gasteiger partial charge >= 0.3 is 5.97 Å². The van der Waals surface area contributed by atoms with E-state index >= 15 is 0 Å². The van der Waals surface area contributed by atoms with Crippen molar-refractivity contribution in [3.63, 3.8) is 0 Å². The molecule has 0 aromatic heterocycles. The zero-order chi connectivity index (χ0) is 8.15. The van der Waals surface area contributed by atoms with Crippen LogP contribution in [0.15, 0.2) is 24.2 Å². The number of hydrogen-bond acceptors (Lipinski definition) is 2. The topological polar surface area (TPSA) is 63.3 Å². The summed E-state index contributed by atoms with van der Waals surface area (Å²) in [7, 11) is 0. The third kappa shape index (κ3) is 3.65. The van der Waals surface area contributed by atoms with Crippen LogP contribution >= 0.6 is 0 Å². The van der Waals surface area contributed by atoms with Gasteiger partial charge in [-0.3, -0.25) is 0 Å². The van der Waals surface area contributed by atoms with Crippen LogP contribution in [0.2, 0.25) is 0 Å². The van der Waals surface area contributed by atoms with E-state index in [1.165, 1.54) is 0 Å². The standard InChI is InChI=1S/C6H8FNO2/c1-4(6(9)10)2-3-5(7)8/h3H,1-2,8H2,(H,9,10)/b5-3-.